The normalized spacial score (nSPS) is 23.5. The van der Waals surface area contributed by atoms with Gasteiger partial charge >= 0.3 is 0 Å². The molecule has 1 aromatic heterocycles. The largest absolute Gasteiger partial charge is 0.496 e. The number of benzene rings is 1. The fourth-order valence-corrected chi connectivity index (χ4v) is 3.66. The number of aromatic nitrogens is 2. The quantitative estimate of drug-likeness (QED) is 0.553. The van der Waals surface area contributed by atoms with E-state index < -0.39 is 0 Å². The summed E-state index contributed by atoms with van der Waals surface area (Å²) in [7, 11) is 1.67. The second-order valence-corrected chi connectivity index (χ2v) is 7.18. The van der Waals surface area contributed by atoms with Crippen LogP contribution in [0, 0.1) is 11.3 Å². The van der Waals surface area contributed by atoms with Crippen LogP contribution in [0.1, 0.15) is 36.6 Å². The molecule has 2 fully saturated rings. The Kier molecular flexibility index (Phi) is 6.05. The number of rotatable bonds is 7. The zero-order valence-corrected chi connectivity index (χ0v) is 16.3. The molecule has 29 heavy (non-hydrogen) atoms. The minimum absolute atomic E-state index is 0.0312. The fourth-order valence-electron chi connectivity index (χ4n) is 3.66. The van der Waals surface area contributed by atoms with Crippen LogP contribution in [0.5, 0.6) is 11.5 Å². The molecule has 4 rings (SSSR count). The summed E-state index contributed by atoms with van der Waals surface area (Å²) < 4.78 is 11.6. The topological polar surface area (TPSA) is 116 Å². The Hall–Kier alpha value is -2.93. The van der Waals surface area contributed by atoms with Crippen LogP contribution >= 0.6 is 0 Å². The molecule has 3 atom stereocenters. The monoisotopic (exact) mass is 395 g/mol. The predicted molar refractivity (Wildman–Crippen MR) is 107 cm³/mol. The third-order valence-corrected chi connectivity index (χ3v) is 5.19. The smallest absolute Gasteiger partial charge is 0.158 e. The summed E-state index contributed by atoms with van der Waals surface area (Å²) in [6, 6.07) is 8.43. The van der Waals surface area contributed by atoms with Gasteiger partial charge < -0.3 is 20.1 Å². The molecule has 3 unspecified atom stereocenters. The predicted octanol–water partition coefficient (Wildman–Crippen LogP) is 1.46. The standard InChI is InChI=1S/C20H25N7O2/c1-28-18-7-15(29-12-13-3-2-6-22-13)4-5-16(18)17-8-19(27-26-17)25-20-11-23-14(9-21)10-24-20/h4-5,7,10-11,13,17,19,22,26-27H,2-3,6,8,12H2,1H3,(H,24,25). The fraction of sp³-hybridized carbons (Fsp3) is 0.450. The molecule has 0 radical (unpaired) electrons. The molecule has 0 spiro atoms. The van der Waals surface area contributed by atoms with Gasteiger partial charge in [-0.15, -0.1) is 0 Å². The molecule has 2 saturated heterocycles. The van der Waals surface area contributed by atoms with Crippen LogP contribution < -0.4 is 31.0 Å². The zero-order chi connectivity index (χ0) is 20.1. The van der Waals surface area contributed by atoms with Crippen molar-refractivity contribution >= 4 is 5.82 Å². The summed E-state index contributed by atoms with van der Waals surface area (Å²) in [5.74, 6) is 2.22. The van der Waals surface area contributed by atoms with Gasteiger partial charge in [0, 0.05) is 24.1 Å². The van der Waals surface area contributed by atoms with Crippen molar-refractivity contribution in [2.45, 2.75) is 37.5 Å². The van der Waals surface area contributed by atoms with Crippen molar-refractivity contribution < 1.29 is 9.47 Å². The molecule has 152 valence electrons. The molecule has 1 aromatic carbocycles. The number of nitrogens with one attached hydrogen (secondary N) is 4. The van der Waals surface area contributed by atoms with Gasteiger partial charge in [-0.3, -0.25) is 0 Å². The number of methoxy groups -OCH3 is 1. The Morgan fingerprint density at radius 3 is 2.93 bits per heavy atom. The first-order chi connectivity index (χ1) is 14.2. The molecular weight excluding hydrogens is 370 g/mol. The van der Waals surface area contributed by atoms with E-state index in [1.807, 2.05) is 24.3 Å². The lowest BCUT2D eigenvalue weighted by atomic mass is 10.0. The Labute approximate surface area is 169 Å². The van der Waals surface area contributed by atoms with E-state index in [4.69, 9.17) is 14.7 Å². The highest BCUT2D eigenvalue weighted by Gasteiger charge is 2.27. The second-order valence-electron chi connectivity index (χ2n) is 7.18. The van der Waals surface area contributed by atoms with Crippen LogP contribution in [0.25, 0.3) is 0 Å². The van der Waals surface area contributed by atoms with E-state index in [-0.39, 0.29) is 12.2 Å². The lowest BCUT2D eigenvalue weighted by Crippen LogP contribution is -2.36. The first-order valence-corrected chi connectivity index (χ1v) is 9.79. The highest BCUT2D eigenvalue weighted by Crippen LogP contribution is 2.33. The number of ether oxygens (including phenoxy) is 2. The maximum absolute atomic E-state index is 8.81. The summed E-state index contributed by atoms with van der Waals surface area (Å²) >= 11 is 0. The molecule has 0 bridgehead atoms. The highest BCUT2D eigenvalue weighted by atomic mass is 16.5. The SMILES string of the molecule is COc1cc(OCC2CCCN2)ccc1C1CC(Nc2cnc(C#N)cn2)NN1. The van der Waals surface area contributed by atoms with Gasteiger partial charge in [-0.2, -0.15) is 5.26 Å². The number of anilines is 1. The van der Waals surface area contributed by atoms with Crippen LogP contribution in [0.15, 0.2) is 30.6 Å². The molecule has 0 amide bonds. The van der Waals surface area contributed by atoms with Crippen LogP contribution in [0.2, 0.25) is 0 Å². The Bertz CT molecular complexity index is 862. The molecular formula is C20H25N7O2. The molecule has 9 heteroatoms. The summed E-state index contributed by atoms with van der Waals surface area (Å²) in [6.07, 6.45) is 6.12. The van der Waals surface area contributed by atoms with Gasteiger partial charge in [-0.1, -0.05) is 6.07 Å². The Morgan fingerprint density at radius 2 is 2.21 bits per heavy atom. The zero-order valence-electron chi connectivity index (χ0n) is 16.3. The van der Waals surface area contributed by atoms with E-state index in [0.29, 0.717) is 24.2 Å². The average Bonchev–Trinajstić information content (AvgIpc) is 3.45. The molecule has 2 aliphatic heterocycles. The first-order valence-electron chi connectivity index (χ1n) is 9.79. The van der Waals surface area contributed by atoms with Gasteiger partial charge in [0.05, 0.1) is 31.7 Å². The maximum atomic E-state index is 8.81. The lowest BCUT2D eigenvalue weighted by molar-refractivity contribution is 0.275. The van der Waals surface area contributed by atoms with E-state index in [9.17, 15) is 0 Å². The van der Waals surface area contributed by atoms with Crippen molar-refractivity contribution in [2.75, 3.05) is 25.6 Å². The van der Waals surface area contributed by atoms with Gasteiger partial charge in [-0.05, 0) is 25.5 Å². The van der Waals surface area contributed by atoms with Crippen molar-refractivity contribution in [2.24, 2.45) is 0 Å². The number of nitrogens with zero attached hydrogens (tertiary/aromatic N) is 3. The van der Waals surface area contributed by atoms with Gasteiger partial charge in [0.1, 0.15) is 30.0 Å². The molecule has 0 aliphatic carbocycles. The van der Waals surface area contributed by atoms with Gasteiger partial charge in [-0.25, -0.2) is 20.8 Å². The van der Waals surface area contributed by atoms with Crippen molar-refractivity contribution in [1.29, 1.82) is 5.26 Å². The van der Waals surface area contributed by atoms with E-state index in [2.05, 4.69) is 31.5 Å². The summed E-state index contributed by atoms with van der Waals surface area (Å²) in [4.78, 5) is 8.23. The highest BCUT2D eigenvalue weighted by molar-refractivity contribution is 5.43. The maximum Gasteiger partial charge on any atom is 0.158 e. The second kappa shape index (κ2) is 9.05. The van der Waals surface area contributed by atoms with E-state index >= 15 is 0 Å². The number of hydrogen-bond donors (Lipinski definition) is 4. The van der Waals surface area contributed by atoms with Crippen LogP contribution in [0.3, 0.4) is 0 Å². The van der Waals surface area contributed by atoms with Gasteiger partial charge in [0.15, 0.2) is 5.69 Å². The van der Waals surface area contributed by atoms with Crippen molar-refractivity contribution in [3.8, 4) is 17.6 Å². The van der Waals surface area contributed by atoms with E-state index in [1.54, 1.807) is 13.3 Å². The van der Waals surface area contributed by atoms with Crippen molar-refractivity contribution in [3.05, 3.63) is 41.9 Å². The molecule has 9 nitrogen and oxygen atoms in total. The molecule has 2 aliphatic rings. The van der Waals surface area contributed by atoms with Crippen molar-refractivity contribution in [1.82, 2.24) is 26.1 Å². The van der Waals surface area contributed by atoms with E-state index in [0.717, 1.165) is 36.4 Å². The summed E-state index contributed by atoms with van der Waals surface area (Å²) in [6.45, 7) is 1.74. The summed E-state index contributed by atoms with van der Waals surface area (Å²) in [5, 5.41) is 15.5. The summed E-state index contributed by atoms with van der Waals surface area (Å²) in [5.41, 5.74) is 7.86. The van der Waals surface area contributed by atoms with Crippen LogP contribution in [-0.2, 0) is 0 Å². The number of nitriles is 1. The molecule has 4 N–H and O–H groups in total. The molecule has 2 aromatic rings. The average molecular weight is 395 g/mol. The van der Waals surface area contributed by atoms with Crippen LogP contribution in [-0.4, -0.2) is 42.4 Å². The minimum atomic E-state index is -0.0312. The molecule has 3 heterocycles. The first kappa shape index (κ1) is 19.4. The number of hydrazine groups is 1. The van der Waals surface area contributed by atoms with Crippen LogP contribution in [0.4, 0.5) is 5.82 Å². The third kappa shape index (κ3) is 4.74. The third-order valence-electron chi connectivity index (χ3n) is 5.19. The number of hydrogen-bond acceptors (Lipinski definition) is 9. The Morgan fingerprint density at radius 1 is 1.28 bits per heavy atom. The van der Waals surface area contributed by atoms with Crippen molar-refractivity contribution in [3.63, 3.8) is 0 Å². The molecule has 0 saturated carbocycles. The lowest BCUT2D eigenvalue weighted by Gasteiger charge is -2.17. The van der Waals surface area contributed by atoms with Gasteiger partial charge in [0.25, 0.3) is 0 Å². The van der Waals surface area contributed by atoms with Gasteiger partial charge in [0.2, 0.25) is 0 Å². The van der Waals surface area contributed by atoms with E-state index in [1.165, 1.54) is 12.6 Å². The minimum Gasteiger partial charge on any atom is -0.496 e. The Balaban J connectivity index is 1.36.